The standard InChI is InChI=1S/C16H13Cl3N4O3S/c17-16(18,19)14(21-13(24)10-6-2-1-3-7-10)22-15(27)20-11-8-4-5-9-12(11)23(25)26/h1-9,14H,(H,21,24)(H2,20,22,27). The van der Waals surface area contributed by atoms with Crippen molar-refractivity contribution in [3.05, 3.63) is 70.3 Å². The first kappa shape index (κ1) is 21.2. The molecule has 1 amide bonds. The number of para-hydroxylation sites is 2. The van der Waals surface area contributed by atoms with E-state index in [1.807, 2.05) is 0 Å². The second-order valence-electron chi connectivity index (χ2n) is 5.19. The molecule has 2 aromatic carbocycles. The van der Waals surface area contributed by atoms with Crippen molar-refractivity contribution >= 4 is 69.4 Å². The van der Waals surface area contributed by atoms with Crippen LogP contribution in [0.5, 0.6) is 0 Å². The van der Waals surface area contributed by atoms with Gasteiger partial charge in [0.15, 0.2) is 5.11 Å². The molecule has 11 heteroatoms. The molecule has 0 radical (unpaired) electrons. The Balaban J connectivity index is 2.11. The van der Waals surface area contributed by atoms with E-state index in [-0.39, 0.29) is 16.5 Å². The topological polar surface area (TPSA) is 96.3 Å². The minimum absolute atomic E-state index is 0.0750. The third-order valence-corrected chi connectivity index (χ3v) is 4.14. The number of nitro groups is 1. The minimum Gasteiger partial charge on any atom is -0.339 e. The molecule has 0 saturated heterocycles. The first-order chi connectivity index (χ1) is 12.7. The van der Waals surface area contributed by atoms with E-state index in [1.54, 1.807) is 36.4 Å². The van der Waals surface area contributed by atoms with Crippen LogP contribution in [0.4, 0.5) is 11.4 Å². The fourth-order valence-corrected chi connectivity index (χ4v) is 2.59. The largest absolute Gasteiger partial charge is 0.339 e. The predicted molar refractivity (Wildman–Crippen MR) is 110 cm³/mol. The molecule has 3 N–H and O–H groups in total. The highest BCUT2D eigenvalue weighted by Gasteiger charge is 2.35. The number of nitrogens with zero attached hydrogens (tertiary/aromatic N) is 1. The van der Waals surface area contributed by atoms with E-state index in [0.29, 0.717) is 5.56 Å². The van der Waals surface area contributed by atoms with E-state index >= 15 is 0 Å². The van der Waals surface area contributed by atoms with Crippen LogP contribution in [0.2, 0.25) is 0 Å². The summed E-state index contributed by atoms with van der Waals surface area (Å²) < 4.78 is -1.95. The van der Waals surface area contributed by atoms with Gasteiger partial charge in [-0.15, -0.1) is 0 Å². The summed E-state index contributed by atoms with van der Waals surface area (Å²) >= 11 is 22.9. The molecule has 0 aliphatic carbocycles. The normalized spacial score (nSPS) is 12.0. The van der Waals surface area contributed by atoms with Crippen molar-refractivity contribution in [3.63, 3.8) is 0 Å². The van der Waals surface area contributed by atoms with Crippen LogP contribution in [-0.4, -0.2) is 25.9 Å². The fraction of sp³-hybridized carbons (Fsp3) is 0.125. The van der Waals surface area contributed by atoms with Gasteiger partial charge in [0, 0.05) is 11.6 Å². The Labute approximate surface area is 175 Å². The van der Waals surface area contributed by atoms with Crippen LogP contribution in [-0.2, 0) is 0 Å². The lowest BCUT2D eigenvalue weighted by atomic mass is 10.2. The molecule has 0 aromatic heterocycles. The zero-order valence-electron chi connectivity index (χ0n) is 13.5. The zero-order chi connectivity index (χ0) is 20.0. The summed E-state index contributed by atoms with van der Waals surface area (Å²) in [5.41, 5.74) is 0.328. The van der Waals surface area contributed by atoms with Crippen LogP contribution in [0.15, 0.2) is 54.6 Å². The average Bonchev–Trinajstić information content (AvgIpc) is 2.61. The summed E-state index contributed by atoms with van der Waals surface area (Å²) in [6.07, 6.45) is -1.20. The maximum Gasteiger partial charge on any atom is 0.292 e. The van der Waals surface area contributed by atoms with Crippen LogP contribution in [0.25, 0.3) is 0 Å². The van der Waals surface area contributed by atoms with Crippen molar-refractivity contribution in [1.29, 1.82) is 0 Å². The van der Waals surface area contributed by atoms with Crippen LogP contribution in [0.3, 0.4) is 0 Å². The lowest BCUT2D eigenvalue weighted by Crippen LogP contribution is -2.56. The highest BCUT2D eigenvalue weighted by Crippen LogP contribution is 2.29. The van der Waals surface area contributed by atoms with Crippen molar-refractivity contribution in [2.24, 2.45) is 0 Å². The highest BCUT2D eigenvalue weighted by atomic mass is 35.6. The van der Waals surface area contributed by atoms with Crippen LogP contribution < -0.4 is 16.0 Å². The quantitative estimate of drug-likeness (QED) is 0.211. The average molecular weight is 448 g/mol. The monoisotopic (exact) mass is 446 g/mol. The Morgan fingerprint density at radius 3 is 2.22 bits per heavy atom. The number of hydrogen-bond acceptors (Lipinski definition) is 4. The number of alkyl halides is 3. The Hall–Kier alpha value is -2.13. The Morgan fingerprint density at radius 2 is 1.63 bits per heavy atom. The number of nitrogens with one attached hydrogen (secondary N) is 3. The second kappa shape index (κ2) is 9.18. The third kappa shape index (κ3) is 6.21. The van der Waals surface area contributed by atoms with Crippen molar-refractivity contribution < 1.29 is 9.72 Å². The zero-order valence-corrected chi connectivity index (χ0v) is 16.6. The molecule has 0 fully saturated rings. The molecule has 0 heterocycles. The van der Waals surface area contributed by atoms with E-state index in [9.17, 15) is 14.9 Å². The highest BCUT2D eigenvalue weighted by molar-refractivity contribution is 7.80. The van der Waals surface area contributed by atoms with E-state index in [4.69, 9.17) is 47.0 Å². The maximum atomic E-state index is 12.3. The Bertz CT molecular complexity index is 846. The fourth-order valence-electron chi connectivity index (χ4n) is 2.03. The number of nitro benzene ring substituents is 1. The maximum absolute atomic E-state index is 12.3. The molecule has 1 unspecified atom stereocenters. The minimum atomic E-state index is -1.95. The molecule has 142 valence electrons. The van der Waals surface area contributed by atoms with Gasteiger partial charge in [-0.05, 0) is 30.4 Å². The number of halogens is 3. The smallest absolute Gasteiger partial charge is 0.292 e. The first-order valence-electron chi connectivity index (χ1n) is 7.42. The lowest BCUT2D eigenvalue weighted by Gasteiger charge is -2.27. The molecule has 7 nitrogen and oxygen atoms in total. The SMILES string of the molecule is O=C(NC(NC(=S)Nc1ccccc1[N+](=O)[O-])C(Cl)(Cl)Cl)c1ccccc1. The number of hydrogen-bond donors (Lipinski definition) is 3. The Morgan fingerprint density at radius 1 is 1.04 bits per heavy atom. The molecule has 2 aromatic rings. The third-order valence-electron chi connectivity index (χ3n) is 3.26. The van der Waals surface area contributed by atoms with Crippen molar-refractivity contribution in [3.8, 4) is 0 Å². The molecule has 1 atom stereocenters. The van der Waals surface area contributed by atoms with Gasteiger partial charge in [-0.1, -0.05) is 65.1 Å². The van der Waals surface area contributed by atoms with Crippen molar-refractivity contribution in [1.82, 2.24) is 10.6 Å². The van der Waals surface area contributed by atoms with Gasteiger partial charge < -0.3 is 16.0 Å². The first-order valence-corrected chi connectivity index (χ1v) is 8.96. The molecule has 0 aliphatic heterocycles. The number of amides is 1. The van der Waals surface area contributed by atoms with E-state index in [2.05, 4.69) is 16.0 Å². The summed E-state index contributed by atoms with van der Waals surface area (Å²) in [5, 5.41) is 18.8. The molecule has 0 spiro atoms. The number of anilines is 1. The van der Waals surface area contributed by atoms with Crippen molar-refractivity contribution in [2.45, 2.75) is 9.96 Å². The Kier molecular flexibility index (Phi) is 7.20. The summed E-state index contributed by atoms with van der Waals surface area (Å²) in [6, 6.07) is 14.2. The van der Waals surface area contributed by atoms with Gasteiger partial charge in [-0.2, -0.15) is 0 Å². The van der Waals surface area contributed by atoms with Gasteiger partial charge in [0.05, 0.1) is 4.92 Å². The predicted octanol–water partition coefficient (Wildman–Crippen LogP) is 4.01. The van der Waals surface area contributed by atoms with Gasteiger partial charge in [-0.3, -0.25) is 14.9 Å². The van der Waals surface area contributed by atoms with Gasteiger partial charge in [-0.25, -0.2) is 0 Å². The summed E-state index contributed by atoms with van der Waals surface area (Å²) in [4.78, 5) is 22.8. The molecular formula is C16H13Cl3N4O3S. The number of carbonyl (C=O) groups excluding carboxylic acids is 1. The number of benzene rings is 2. The number of rotatable bonds is 5. The molecule has 27 heavy (non-hydrogen) atoms. The molecule has 0 aliphatic rings. The van der Waals surface area contributed by atoms with Gasteiger partial charge in [0.1, 0.15) is 11.9 Å². The summed E-state index contributed by atoms with van der Waals surface area (Å²) in [6.45, 7) is 0. The van der Waals surface area contributed by atoms with E-state index in [1.165, 1.54) is 18.2 Å². The number of thiocarbonyl (C=S) groups is 1. The molecule has 0 bridgehead atoms. The van der Waals surface area contributed by atoms with Crippen LogP contribution in [0.1, 0.15) is 10.4 Å². The van der Waals surface area contributed by atoms with Crippen molar-refractivity contribution in [2.75, 3.05) is 5.32 Å². The van der Waals surface area contributed by atoms with Gasteiger partial charge >= 0.3 is 0 Å². The molecule has 2 rings (SSSR count). The lowest BCUT2D eigenvalue weighted by molar-refractivity contribution is -0.383. The van der Waals surface area contributed by atoms with Gasteiger partial charge in [0.2, 0.25) is 3.79 Å². The van der Waals surface area contributed by atoms with Crippen LogP contribution in [0, 0.1) is 10.1 Å². The van der Waals surface area contributed by atoms with Crippen LogP contribution >= 0.6 is 47.0 Å². The molecular weight excluding hydrogens is 435 g/mol. The van der Waals surface area contributed by atoms with Gasteiger partial charge in [0.25, 0.3) is 11.6 Å². The number of carbonyl (C=O) groups is 1. The van der Waals surface area contributed by atoms with E-state index in [0.717, 1.165) is 0 Å². The second-order valence-corrected chi connectivity index (χ2v) is 7.96. The molecule has 0 saturated carbocycles. The summed E-state index contributed by atoms with van der Waals surface area (Å²) in [5.74, 6) is -0.493. The summed E-state index contributed by atoms with van der Waals surface area (Å²) in [7, 11) is 0. The van der Waals surface area contributed by atoms with E-state index < -0.39 is 20.8 Å².